The Balaban J connectivity index is 1.66. The molecule has 122 valence electrons. The van der Waals surface area contributed by atoms with E-state index in [0.29, 0.717) is 5.11 Å². The van der Waals surface area contributed by atoms with Crippen LogP contribution in [-0.4, -0.2) is 14.9 Å². The lowest BCUT2D eigenvalue weighted by Gasteiger charge is -2.14. The minimum absolute atomic E-state index is 0.590. The van der Waals surface area contributed by atoms with Crippen LogP contribution in [0.5, 0.6) is 0 Å². The van der Waals surface area contributed by atoms with Crippen LogP contribution in [0.15, 0.2) is 67.0 Å². The van der Waals surface area contributed by atoms with Crippen LogP contribution in [0.2, 0.25) is 0 Å². The molecule has 0 aliphatic carbocycles. The number of hydrogen-bond donors (Lipinski definition) is 2. The highest BCUT2D eigenvalue weighted by molar-refractivity contribution is 7.80. The van der Waals surface area contributed by atoms with Crippen molar-refractivity contribution in [2.75, 3.05) is 10.6 Å². The van der Waals surface area contributed by atoms with E-state index in [0.717, 1.165) is 24.3 Å². The molecule has 4 nitrogen and oxygen atoms in total. The zero-order valence-corrected chi connectivity index (χ0v) is 14.4. The molecule has 0 spiro atoms. The van der Waals surface area contributed by atoms with Crippen molar-refractivity contribution in [2.45, 2.75) is 19.9 Å². The standard InChI is InChI=1S/C19H20N4S/c1-2-16-8-3-4-10-18(16)22-19(24)21-17-9-5-7-15(13-17)14-23-12-6-11-20-23/h3-13H,2,14H2,1H3,(H2,21,22,24). The number of benzene rings is 2. The molecule has 0 atom stereocenters. The quantitative estimate of drug-likeness (QED) is 0.682. The predicted molar refractivity (Wildman–Crippen MR) is 103 cm³/mol. The van der Waals surface area contributed by atoms with Gasteiger partial charge in [0, 0.05) is 23.8 Å². The van der Waals surface area contributed by atoms with Crippen molar-refractivity contribution in [3.8, 4) is 0 Å². The van der Waals surface area contributed by atoms with Gasteiger partial charge in [-0.3, -0.25) is 4.68 Å². The largest absolute Gasteiger partial charge is 0.332 e. The summed E-state index contributed by atoms with van der Waals surface area (Å²) in [5.41, 5.74) is 4.42. The van der Waals surface area contributed by atoms with Crippen LogP contribution in [0.4, 0.5) is 11.4 Å². The lowest BCUT2D eigenvalue weighted by molar-refractivity contribution is 0.687. The molecular formula is C19H20N4S. The van der Waals surface area contributed by atoms with E-state index < -0.39 is 0 Å². The maximum atomic E-state index is 5.44. The molecule has 0 saturated carbocycles. The van der Waals surface area contributed by atoms with Gasteiger partial charge >= 0.3 is 0 Å². The van der Waals surface area contributed by atoms with E-state index in [1.165, 1.54) is 11.1 Å². The topological polar surface area (TPSA) is 41.9 Å². The Labute approximate surface area is 147 Å². The Morgan fingerprint density at radius 2 is 1.96 bits per heavy atom. The molecular weight excluding hydrogens is 316 g/mol. The van der Waals surface area contributed by atoms with Gasteiger partial charge in [-0.05, 0) is 54.0 Å². The van der Waals surface area contributed by atoms with Crippen molar-refractivity contribution in [3.05, 3.63) is 78.1 Å². The molecule has 0 radical (unpaired) electrons. The number of hydrogen-bond acceptors (Lipinski definition) is 2. The zero-order chi connectivity index (χ0) is 16.8. The predicted octanol–water partition coefficient (Wildman–Crippen LogP) is 4.30. The molecule has 0 aliphatic rings. The third-order valence-electron chi connectivity index (χ3n) is 3.74. The van der Waals surface area contributed by atoms with E-state index in [1.807, 2.05) is 47.3 Å². The van der Waals surface area contributed by atoms with Crippen molar-refractivity contribution in [1.29, 1.82) is 0 Å². The Morgan fingerprint density at radius 3 is 2.75 bits per heavy atom. The molecule has 0 aliphatic heterocycles. The van der Waals surface area contributed by atoms with E-state index in [-0.39, 0.29) is 0 Å². The van der Waals surface area contributed by atoms with Gasteiger partial charge in [-0.15, -0.1) is 0 Å². The van der Waals surface area contributed by atoms with Crippen LogP contribution in [0.1, 0.15) is 18.1 Å². The number of nitrogens with one attached hydrogen (secondary N) is 2. The van der Waals surface area contributed by atoms with Crippen LogP contribution >= 0.6 is 12.2 Å². The summed E-state index contributed by atoms with van der Waals surface area (Å²) in [7, 11) is 0. The highest BCUT2D eigenvalue weighted by Crippen LogP contribution is 2.17. The fourth-order valence-corrected chi connectivity index (χ4v) is 2.79. The molecule has 3 aromatic rings. The third-order valence-corrected chi connectivity index (χ3v) is 3.94. The smallest absolute Gasteiger partial charge is 0.175 e. The SMILES string of the molecule is CCc1ccccc1NC(=S)Nc1cccc(Cn2cccn2)c1. The first-order valence-corrected chi connectivity index (χ1v) is 8.37. The summed E-state index contributed by atoms with van der Waals surface area (Å²) >= 11 is 5.44. The molecule has 2 N–H and O–H groups in total. The maximum Gasteiger partial charge on any atom is 0.175 e. The van der Waals surface area contributed by atoms with Gasteiger partial charge in [-0.2, -0.15) is 5.10 Å². The number of aromatic nitrogens is 2. The van der Waals surface area contributed by atoms with Crippen LogP contribution in [0.3, 0.4) is 0 Å². The molecule has 3 rings (SSSR count). The van der Waals surface area contributed by atoms with E-state index >= 15 is 0 Å². The van der Waals surface area contributed by atoms with E-state index in [4.69, 9.17) is 12.2 Å². The number of rotatable bonds is 5. The molecule has 0 unspecified atom stereocenters. The second-order valence-electron chi connectivity index (χ2n) is 5.49. The number of aryl methyl sites for hydroxylation is 1. The van der Waals surface area contributed by atoms with Crippen LogP contribution in [-0.2, 0) is 13.0 Å². The van der Waals surface area contributed by atoms with Gasteiger partial charge in [0.15, 0.2) is 5.11 Å². The number of thiocarbonyl (C=S) groups is 1. The lowest BCUT2D eigenvalue weighted by atomic mass is 10.1. The maximum absolute atomic E-state index is 5.44. The third kappa shape index (κ3) is 4.20. The van der Waals surface area contributed by atoms with Gasteiger partial charge in [0.1, 0.15) is 0 Å². The van der Waals surface area contributed by atoms with Crippen LogP contribution in [0, 0.1) is 0 Å². The van der Waals surface area contributed by atoms with E-state index in [1.54, 1.807) is 6.20 Å². The van der Waals surface area contributed by atoms with Crippen molar-refractivity contribution in [3.63, 3.8) is 0 Å². The van der Waals surface area contributed by atoms with Gasteiger partial charge < -0.3 is 10.6 Å². The average molecular weight is 336 g/mol. The summed E-state index contributed by atoms with van der Waals surface area (Å²) in [4.78, 5) is 0. The molecule has 5 heteroatoms. The number of nitrogens with zero attached hydrogens (tertiary/aromatic N) is 2. The minimum Gasteiger partial charge on any atom is -0.332 e. The molecule has 24 heavy (non-hydrogen) atoms. The summed E-state index contributed by atoms with van der Waals surface area (Å²) in [6.45, 7) is 2.87. The Hall–Kier alpha value is -2.66. The van der Waals surface area contributed by atoms with Crippen molar-refractivity contribution in [2.24, 2.45) is 0 Å². The van der Waals surface area contributed by atoms with Gasteiger partial charge in [0.2, 0.25) is 0 Å². The van der Waals surface area contributed by atoms with Gasteiger partial charge in [0.25, 0.3) is 0 Å². The molecule has 0 saturated heterocycles. The first-order chi connectivity index (χ1) is 11.7. The Bertz CT molecular complexity index is 812. The summed E-state index contributed by atoms with van der Waals surface area (Å²) in [5, 5.41) is 11.4. The second-order valence-corrected chi connectivity index (χ2v) is 5.90. The van der Waals surface area contributed by atoms with Gasteiger partial charge in [0.05, 0.1) is 6.54 Å². The number of anilines is 2. The normalized spacial score (nSPS) is 10.4. The Kier molecular flexibility index (Phi) is 5.23. The second kappa shape index (κ2) is 7.75. The first-order valence-electron chi connectivity index (χ1n) is 7.97. The van der Waals surface area contributed by atoms with E-state index in [2.05, 4.69) is 40.9 Å². The minimum atomic E-state index is 0.590. The average Bonchev–Trinajstić information content (AvgIpc) is 3.08. The van der Waals surface area contributed by atoms with Crippen molar-refractivity contribution >= 4 is 28.7 Å². The highest BCUT2D eigenvalue weighted by Gasteiger charge is 2.04. The zero-order valence-electron chi connectivity index (χ0n) is 13.6. The summed E-state index contributed by atoms with van der Waals surface area (Å²) in [5.74, 6) is 0. The Morgan fingerprint density at radius 1 is 1.08 bits per heavy atom. The molecule has 0 fully saturated rings. The molecule has 1 heterocycles. The monoisotopic (exact) mass is 336 g/mol. The molecule has 0 bridgehead atoms. The van der Waals surface area contributed by atoms with Crippen molar-refractivity contribution < 1.29 is 0 Å². The lowest BCUT2D eigenvalue weighted by Crippen LogP contribution is -2.20. The van der Waals surface area contributed by atoms with Crippen LogP contribution in [0.25, 0.3) is 0 Å². The molecule has 0 amide bonds. The van der Waals surface area contributed by atoms with Crippen molar-refractivity contribution in [1.82, 2.24) is 9.78 Å². The molecule has 2 aromatic carbocycles. The summed E-state index contributed by atoms with van der Waals surface area (Å²) in [6.07, 6.45) is 4.70. The molecule has 1 aromatic heterocycles. The fourth-order valence-electron chi connectivity index (χ4n) is 2.56. The number of para-hydroxylation sites is 1. The van der Waals surface area contributed by atoms with Gasteiger partial charge in [-0.25, -0.2) is 0 Å². The van der Waals surface area contributed by atoms with Crippen LogP contribution < -0.4 is 10.6 Å². The highest BCUT2D eigenvalue weighted by atomic mass is 32.1. The van der Waals surface area contributed by atoms with Gasteiger partial charge in [-0.1, -0.05) is 37.3 Å². The fraction of sp³-hybridized carbons (Fsp3) is 0.158. The first kappa shape index (κ1) is 16.2. The van der Waals surface area contributed by atoms with E-state index in [9.17, 15) is 0 Å². The summed E-state index contributed by atoms with van der Waals surface area (Å²) in [6, 6.07) is 18.3. The summed E-state index contributed by atoms with van der Waals surface area (Å²) < 4.78 is 1.90.